The highest BCUT2D eigenvalue weighted by Crippen LogP contribution is 2.33. The van der Waals surface area contributed by atoms with Crippen LogP contribution in [-0.4, -0.2) is 23.5 Å². The molecule has 7 heteroatoms. The molecule has 1 amide bonds. The van der Waals surface area contributed by atoms with E-state index in [1.165, 1.54) is 18.2 Å². The monoisotopic (exact) mass is 390 g/mol. The molecule has 0 aromatic heterocycles. The van der Waals surface area contributed by atoms with Gasteiger partial charge in [-0.1, -0.05) is 24.3 Å². The van der Waals surface area contributed by atoms with Crippen molar-refractivity contribution < 1.29 is 19.2 Å². The van der Waals surface area contributed by atoms with E-state index in [1.54, 1.807) is 6.07 Å². The molecule has 0 spiro atoms. The molecule has 146 valence electrons. The van der Waals surface area contributed by atoms with E-state index in [2.05, 4.69) is 5.32 Å². The summed E-state index contributed by atoms with van der Waals surface area (Å²) < 4.78 is 11.7. The van der Waals surface area contributed by atoms with Gasteiger partial charge in [0.05, 0.1) is 11.5 Å². The Morgan fingerprint density at radius 1 is 1.07 bits per heavy atom. The van der Waals surface area contributed by atoms with Crippen LogP contribution in [0.4, 0.5) is 5.69 Å². The fourth-order valence-electron chi connectivity index (χ4n) is 3.17. The Kier molecular flexibility index (Phi) is 5.11. The van der Waals surface area contributed by atoms with E-state index in [0.29, 0.717) is 13.0 Å². The zero-order valence-electron chi connectivity index (χ0n) is 15.4. The topological polar surface area (TPSA) is 90.7 Å². The van der Waals surface area contributed by atoms with Crippen molar-refractivity contribution >= 4 is 11.6 Å². The zero-order chi connectivity index (χ0) is 20.2. The van der Waals surface area contributed by atoms with Gasteiger partial charge in [-0.05, 0) is 36.4 Å². The Labute approximate surface area is 167 Å². The highest BCUT2D eigenvalue weighted by atomic mass is 16.6. The second kappa shape index (κ2) is 8.02. The van der Waals surface area contributed by atoms with Gasteiger partial charge >= 0.3 is 0 Å². The van der Waals surface area contributed by atoms with Gasteiger partial charge in [0, 0.05) is 29.7 Å². The predicted octanol–water partition coefficient (Wildman–Crippen LogP) is 4.12. The van der Waals surface area contributed by atoms with Crippen molar-refractivity contribution in [3.05, 3.63) is 94.0 Å². The van der Waals surface area contributed by atoms with Gasteiger partial charge in [-0.15, -0.1) is 0 Å². The number of hydrogen-bond donors (Lipinski definition) is 1. The Bertz CT molecular complexity index is 1050. The number of benzene rings is 3. The van der Waals surface area contributed by atoms with Gasteiger partial charge in [-0.3, -0.25) is 14.9 Å². The normalized spacial score (nSPS) is 14.6. The van der Waals surface area contributed by atoms with Gasteiger partial charge < -0.3 is 14.8 Å². The molecule has 1 aliphatic rings. The summed E-state index contributed by atoms with van der Waals surface area (Å²) in [6.07, 6.45) is 0.427. The van der Waals surface area contributed by atoms with Crippen LogP contribution < -0.4 is 14.8 Å². The molecule has 1 N–H and O–H groups in total. The summed E-state index contributed by atoms with van der Waals surface area (Å²) >= 11 is 0. The Balaban J connectivity index is 1.35. The minimum atomic E-state index is -0.525. The first-order valence-electron chi connectivity index (χ1n) is 9.13. The van der Waals surface area contributed by atoms with Crippen LogP contribution in [0, 0.1) is 10.1 Å². The fraction of sp³-hybridized carbons (Fsp3) is 0.136. The number of ether oxygens (including phenoxy) is 2. The van der Waals surface area contributed by atoms with Crippen LogP contribution in [0.15, 0.2) is 72.8 Å². The second-order valence-corrected chi connectivity index (χ2v) is 6.65. The summed E-state index contributed by atoms with van der Waals surface area (Å²) in [6.45, 7) is 0.297. The van der Waals surface area contributed by atoms with Gasteiger partial charge in [-0.25, -0.2) is 0 Å². The van der Waals surface area contributed by atoms with Crippen molar-refractivity contribution in [2.45, 2.75) is 12.5 Å². The molecule has 0 aliphatic carbocycles. The summed E-state index contributed by atoms with van der Waals surface area (Å²) in [7, 11) is 0. The third-order valence-corrected chi connectivity index (χ3v) is 4.56. The maximum atomic E-state index is 12.3. The Hall–Kier alpha value is -3.87. The third-order valence-electron chi connectivity index (χ3n) is 4.56. The Morgan fingerprint density at radius 2 is 1.90 bits per heavy atom. The predicted molar refractivity (Wildman–Crippen MR) is 107 cm³/mol. The number of fused-ring (bicyclic) bond motifs is 1. The van der Waals surface area contributed by atoms with E-state index in [-0.39, 0.29) is 23.3 Å². The summed E-state index contributed by atoms with van der Waals surface area (Å²) in [5, 5.41) is 13.6. The number of nitro groups is 1. The number of nitrogens with zero attached hydrogens (tertiary/aromatic N) is 1. The van der Waals surface area contributed by atoms with Gasteiger partial charge in [0.1, 0.15) is 23.4 Å². The minimum absolute atomic E-state index is 0.117. The summed E-state index contributed by atoms with van der Waals surface area (Å²) in [4.78, 5) is 22.6. The largest absolute Gasteiger partial charge is 0.488 e. The van der Waals surface area contributed by atoms with E-state index in [0.717, 1.165) is 22.8 Å². The lowest BCUT2D eigenvalue weighted by Gasteiger charge is -2.12. The van der Waals surface area contributed by atoms with Gasteiger partial charge in [0.15, 0.2) is 0 Å². The number of amides is 1. The molecule has 3 aromatic rings. The Morgan fingerprint density at radius 3 is 2.69 bits per heavy atom. The lowest BCUT2D eigenvalue weighted by atomic mass is 10.1. The molecule has 0 fully saturated rings. The van der Waals surface area contributed by atoms with E-state index < -0.39 is 4.92 Å². The molecule has 0 unspecified atom stereocenters. The lowest BCUT2D eigenvalue weighted by molar-refractivity contribution is -0.384. The molecule has 0 bridgehead atoms. The first kappa shape index (κ1) is 18.5. The zero-order valence-corrected chi connectivity index (χ0v) is 15.4. The van der Waals surface area contributed by atoms with Crippen molar-refractivity contribution in [2.24, 2.45) is 0 Å². The number of non-ortho nitro benzene ring substituents is 1. The molecule has 0 saturated heterocycles. The molecule has 1 heterocycles. The molecule has 3 aromatic carbocycles. The first-order chi connectivity index (χ1) is 14.1. The SMILES string of the molecule is O=C(NC[C@H]1Cc2cc(Oc3ccccc3)ccc2O1)c1cccc([N+](=O)[O-])c1. The van der Waals surface area contributed by atoms with Crippen molar-refractivity contribution in [3.63, 3.8) is 0 Å². The van der Waals surface area contributed by atoms with Gasteiger partial charge in [0.25, 0.3) is 11.6 Å². The number of nitrogens with one attached hydrogen (secondary N) is 1. The average Bonchev–Trinajstić information content (AvgIpc) is 3.15. The lowest BCUT2D eigenvalue weighted by Crippen LogP contribution is -2.34. The molecular weight excluding hydrogens is 372 g/mol. The standard InChI is InChI=1S/C22H18N2O5/c25-22(15-5-4-6-17(11-15)24(26)27)23-14-20-13-16-12-19(9-10-21(16)29-20)28-18-7-2-1-3-8-18/h1-12,20H,13-14H2,(H,23,25)/t20-/m1/s1. The number of carbonyl (C=O) groups excluding carboxylic acids is 1. The number of carbonyl (C=O) groups is 1. The van der Waals surface area contributed by atoms with Crippen LogP contribution in [-0.2, 0) is 6.42 Å². The highest BCUT2D eigenvalue weighted by Gasteiger charge is 2.24. The summed E-state index contributed by atoms with van der Waals surface area (Å²) in [6, 6.07) is 20.8. The van der Waals surface area contributed by atoms with E-state index in [1.807, 2.05) is 48.5 Å². The minimum Gasteiger partial charge on any atom is -0.488 e. The summed E-state index contributed by atoms with van der Waals surface area (Å²) in [5.41, 5.74) is 1.13. The van der Waals surface area contributed by atoms with Crippen LogP contribution in [0.2, 0.25) is 0 Å². The summed E-state index contributed by atoms with van der Waals surface area (Å²) in [5.74, 6) is 1.87. The maximum Gasteiger partial charge on any atom is 0.270 e. The average molecular weight is 390 g/mol. The van der Waals surface area contributed by atoms with Crippen molar-refractivity contribution in [2.75, 3.05) is 6.54 Å². The quantitative estimate of drug-likeness (QED) is 0.505. The van der Waals surface area contributed by atoms with Crippen molar-refractivity contribution in [1.82, 2.24) is 5.32 Å². The molecule has 0 saturated carbocycles. The van der Waals surface area contributed by atoms with Crippen LogP contribution in [0.25, 0.3) is 0 Å². The maximum absolute atomic E-state index is 12.3. The van der Waals surface area contributed by atoms with Crippen molar-refractivity contribution in [3.8, 4) is 17.2 Å². The molecule has 7 nitrogen and oxygen atoms in total. The molecule has 1 atom stereocenters. The number of hydrogen-bond acceptors (Lipinski definition) is 5. The molecule has 29 heavy (non-hydrogen) atoms. The van der Waals surface area contributed by atoms with Gasteiger partial charge in [0.2, 0.25) is 0 Å². The number of para-hydroxylation sites is 1. The van der Waals surface area contributed by atoms with Crippen LogP contribution in [0.3, 0.4) is 0 Å². The van der Waals surface area contributed by atoms with Gasteiger partial charge in [-0.2, -0.15) is 0 Å². The first-order valence-corrected chi connectivity index (χ1v) is 9.13. The fourth-order valence-corrected chi connectivity index (χ4v) is 3.17. The van der Waals surface area contributed by atoms with E-state index in [9.17, 15) is 14.9 Å². The third kappa shape index (κ3) is 4.35. The smallest absolute Gasteiger partial charge is 0.270 e. The highest BCUT2D eigenvalue weighted by molar-refractivity contribution is 5.94. The molecule has 0 radical (unpaired) electrons. The van der Waals surface area contributed by atoms with Crippen LogP contribution in [0.5, 0.6) is 17.2 Å². The van der Waals surface area contributed by atoms with E-state index in [4.69, 9.17) is 9.47 Å². The van der Waals surface area contributed by atoms with Crippen LogP contribution in [0.1, 0.15) is 15.9 Å². The number of nitro benzene ring substituents is 1. The van der Waals surface area contributed by atoms with Crippen LogP contribution >= 0.6 is 0 Å². The second-order valence-electron chi connectivity index (χ2n) is 6.65. The molecule has 1 aliphatic heterocycles. The molecule has 4 rings (SSSR count). The molecular formula is C22H18N2O5. The van der Waals surface area contributed by atoms with E-state index >= 15 is 0 Å². The number of rotatable bonds is 6. The van der Waals surface area contributed by atoms with Crippen molar-refractivity contribution in [1.29, 1.82) is 0 Å².